The Morgan fingerprint density at radius 3 is 2.69 bits per heavy atom. The Morgan fingerprint density at radius 2 is 2.00 bits per heavy atom. The Kier molecular flexibility index (Phi) is 5.80. The molecule has 0 spiro atoms. The number of nitrogens with zero attached hydrogens (tertiary/aromatic N) is 3. The molecule has 26 heavy (non-hydrogen) atoms. The molecule has 0 aliphatic heterocycles. The van der Waals surface area contributed by atoms with Gasteiger partial charge in [-0.15, -0.1) is 10.2 Å². The molecule has 3 aromatic rings. The molecule has 0 atom stereocenters. The first-order chi connectivity index (χ1) is 12.5. The van der Waals surface area contributed by atoms with Gasteiger partial charge in [0.15, 0.2) is 10.9 Å². The van der Waals surface area contributed by atoms with Gasteiger partial charge in [0.25, 0.3) is 0 Å². The van der Waals surface area contributed by atoms with Crippen LogP contribution in [0.5, 0.6) is 11.5 Å². The van der Waals surface area contributed by atoms with Crippen LogP contribution in [0.1, 0.15) is 5.82 Å². The van der Waals surface area contributed by atoms with Crippen LogP contribution in [0.4, 0.5) is 5.69 Å². The zero-order valence-corrected chi connectivity index (χ0v) is 15.8. The molecule has 134 valence electrons. The van der Waals surface area contributed by atoms with Gasteiger partial charge in [-0.05, 0) is 37.3 Å². The molecule has 6 nitrogen and oxygen atoms in total. The van der Waals surface area contributed by atoms with Crippen LogP contribution in [0, 0.1) is 6.92 Å². The van der Waals surface area contributed by atoms with Crippen molar-refractivity contribution in [2.24, 2.45) is 7.05 Å². The zero-order valence-electron chi connectivity index (χ0n) is 14.3. The Bertz CT molecular complexity index is 915. The summed E-state index contributed by atoms with van der Waals surface area (Å²) in [5.41, 5.74) is 0.515. The lowest BCUT2D eigenvalue weighted by molar-refractivity contribution is -0.113. The molecule has 0 radical (unpaired) electrons. The summed E-state index contributed by atoms with van der Waals surface area (Å²) >= 11 is 7.38. The van der Waals surface area contributed by atoms with E-state index in [1.807, 2.05) is 48.9 Å². The summed E-state index contributed by atoms with van der Waals surface area (Å²) < 4.78 is 7.68. The zero-order chi connectivity index (χ0) is 18.5. The average Bonchev–Trinajstić information content (AvgIpc) is 2.95. The second-order valence-corrected chi connectivity index (χ2v) is 6.86. The van der Waals surface area contributed by atoms with Crippen LogP contribution in [0.15, 0.2) is 53.7 Å². The summed E-state index contributed by atoms with van der Waals surface area (Å²) in [7, 11) is 1.86. The number of carbonyl (C=O) groups excluding carboxylic acids is 1. The molecule has 0 saturated carbocycles. The van der Waals surface area contributed by atoms with Crippen molar-refractivity contribution < 1.29 is 9.53 Å². The van der Waals surface area contributed by atoms with Gasteiger partial charge in [0.2, 0.25) is 5.91 Å². The Morgan fingerprint density at radius 1 is 1.23 bits per heavy atom. The van der Waals surface area contributed by atoms with Gasteiger partial charge in [0.05, 0.1) is 11.4 Å². The quantitative estimate of drug-likeness (QED) is 0.637. The maximum absolute atomic E-state index is 12.3. The molecular formula is C18H17ClN4O2S. The number of anilines is 1. The number of aromatic nitrogens is 3. The number of hydrogen-bond donors (Lipinski definition) is 1. The van der Waals surface area contributed by atoms with E-state index < -0.39 is 0 Å². The van der Waals surface area contributed by atoms with Gasteiger partial charge in [-0.2, -0.15) is 0 Å². The van der Waals surface area contributed by atoms with Gasteiger partial charge in [0.1, 0.15) is 11.6 Å². The van der Waals surface area contributed by atoms with E-state index in [4.69, 9.17) is 16.3 Å². The third-order valence-corrected chi connectivity index (χ3v) is 4.83. The number of amides is 1. The predicted octanol–water partition coefficient (Wildman–Crippen LogP) is 4.30. The minimum absolute atomic E-state index is 0.184. The lowest BCUT2D eigenvalue weighted by atomic mass is 10.3. The second kappa shape index (κ2) is 8.25. The normalized spacial score (nSPS) is 10.6. The molecule has 8 heteroatoms. The number of thioether (sulfide) groups is 1. The monoisotopic (exact) mass is 388 g/mol. The molecule has 0 aliphatic carbocycles. The summed E-state index contributed by atoms with van der Waals surface area (Å²) in [6.07, 6.45) is 0. The van der Waals surface area contributed by atoms with Crippen LogP contribution in [0.25, 0.3) is 0 Å². The van der Waals surface area contributed by atoms with Gasteiger partial charge in [0, 0.05) is 12.1 Å². The lowest BCUT2D eigenvalue weighted by Crippen LogP contribution is -2.15. The van der Waals surface area contributed by atoms with Crippen LogP contribution in [0.2, 0.25) is 5.02 Å². The van der Waals surface area contributed by atoms with Gasteiger partial charge < -0.3 is 14.6 Å². The number of nitrogens with one attached hydrogen (secondary N) is 1. The molecule has 0 bridgehead atoms. The highest BCUT2D eigenvalue weighted by Crippen LogP contribution is 2.32. The van der Waals surface area contributed by atoms with E-state index in [0.29, 0.717) is 27.4 Å². The number of aryl methyl sites for hydroxylation is 1. The van der Waals surface area contributed by atoms with Gasteiger partial charge in [-0.25, -0.2) is 0 Å². The van der Waals surface area contributed by atoms with E-state index in [2.05, 4.69) is 15.5 Å². The third kappa shape index (κ3) is 4.56. The average molecular weight is 389 g/mol. The predicted molar refractivity (Wildman–Crippen MR) is 103 cm³/mol. The van der Waals surface area contributed by atoms with E-state index in [0.717, 1.165) is 5.82 Å². The Balaban J connectivity index is 1.69. The van der Waals surface area contributed by atoms with Crippen LogP contribution < -0.4 is 10.1 Å². The molecule has 0 saturated heterocycles. The van der Waals surface area contributed by atoms with Crippen molar-refractivity contribution in [2.45, 2.75) is 12.1 Å². The molecule has 0 aliphatic rings. The van der Waals surface area contributed by atoms with E-state index in [9.17, 15) is 4.79 Å². The molecule has 1 N–H and O–H groups in total. The number of halogens is 1. The summed E-state index contributed by atoms with van der Waals surface area (Å²) in [6, 6.07) is 14.4. The SMILES string of the molecule is Cc1nnc(SCC(=O)Nc2cc(Cl)ccc2Oc2ccccc2)n1C. The maximum Gasteiger partial charge on any atom is 0.234 e. The topological polar surface area (TPSA) is 69.0 Å². The molecule has 1 heterocycles. The fourth-order valence-corrected chi connectivity index (χ4v) is 3.06. The Labute approximate surface area is 160 Å². The minimum atomic E-state index is -0.184. The first kappa shape index (κ1) is 18.3. The fraction of sp³-hybridized carbons (Fsp3) is 0.167. The van der Waals surface area contributed by atoms with Crippen molar-refractivity contribution in [3.63, 3.8) is 0 Å². The molecule has 0 fully saturated rings. The number of hydrogen-bond acceptors (Lipinski definition) is 5. The molecular weight excluding hydrogens is 372 g/mol. The first-order valence-corrected chi connectivity index (χ1v) is 9.20. The molecule has 0 unspecified atom stereocenters. The van der Waals surface area contributed by atoms with Crippen LogP contribution in [-0.2, 0) is 11.8 Å². The highest BCUT2D eigenvalue weighted by atomic mass is 35.5. The summed E-state index contributed by atoms with van der Waals surface area (Å²) in [5, 5.41) is 12.0. The number of para-hydroxylation sites is 1. The highest BCUT2D eigenvalue weighted by molar-refractivity contribution is 7.99. The number of ether oxygens (including phenoxy) is 1. The lowest BCUT2D eigenvalue weighted by Gasteiger charge is -2.12. The standard InChI is InChI=1S/C18H17ClN4O2S/c1-12-21-22-18(23(12)2)26-11-17(24)20-15-10-13(19)8-9-16(15)25-14-6-4-3-5-7-14/h3-10H,11H2,1-2H3,(H,20,24). The number of carbonyl (C=O) groups is 1. The summed E-state index contributed by atoms with van der Waals surface area (Å²) in [6.45, 7) is 1.86. The molecule has 1 aromatic heterocycles. The van der Waals surface area contributed by atoms with E-state index in [-0.39, 0.29) is 11.7 Å². The smallest absolute Gasteiger partial charge is 0.234 e. The largest absolute Gasteiger partial charge is 0.455 e. The van der Waals surface area contributed by atoms with Crippen LogP contribution in [-0.4, -0.2) is 26.4 Å². The van der Waals surface area contributed by atoms with Crippen molar-refractivity contribution in [3.05, 3.63) is 59.4 Å². The van der Waals surface area contributed by atoms with Crippen molar-refractivity contribution >= 4 is 35.0 Å². The number of rotatable bonds is 6. The maximum atomic E-state index is 12.3. The highest BCUT2D eigenvalue weighted by Gasteiger charge is 2.12. The van der Waals surface area contributed by atoms with E-state index >= 15 is 0 Å². The van der Waals surface area contributed by atoms with Crippen molar-refractivity contribution in [2.75, 3.05) is 11.1 Å². The molecule has 2 aromatic carbocycles. The minimum Gasteiger partial charge on any atom is -0.455 e. The van der Waals surface area contributed by atoms with Crippen molar-refractivity contribution in [3.8, 4) is 11.5 Å². The summed E-state index contributed by atoms with van der Waals surface area (Å²) in [5.74, 6) is 2.00. The summed E-state index contributed by atoms with van der Waals surface area (Å²) in [4.78, 5) is 12.3. The molecule has 1 amide bonds. The van der Waals surface area contributed by atoms with Gasteiger partial charge in [-0.1, -0.05) is 41.6 Å². The number of benzene rings is 2. The van der Waals surface area contributed by atoms with E-state index in [1.165, 1.54) is 11.8 Å². The van der Waals surface area contributed by atoms with Crippen LogP contribution >= 0.6 is 23.4 Å². The van der Waals surface area contributed by atoms with E-state index in [1.54, 1.807) is 18.2 Å². The fourth-order valence-electron chi connectivity index (χ4n) is 2.13. The molecule has 3 rings (SSSR count). The van der Waals surface area contributed by atoms with Crippen LogP contribution in [0.3, 0.4) is 0 Å². The Hall–Kier alpha value is -2.51. The van der Waals surface area contributed by atoms with Gasteiger partial charge >= 0.3 is 0 Å². The second-order valence-electron chi connectivity index (χ2n) is 5.48. The van der Waals surface area contributed by atoms with Gasteiger partial charge in [-0.3, -0.25) is 4.79 Å². The van der Waals surface area contributed by atoms with Crippen molar-refractivity contribution in [1.29, 1.82) is 0 Å². The third-order valence-electron chi connectivity index (χ3n) is 3.57. The van der Waals surface area contributed by atoms with Crippen molar-refractivity contribution in [1.82, 2.24) is 14.8 Å². The first-order valence-electron chi connectivity index (χ1n) is 7.84.